The highest BCUT2D eigenvalue weighted by Crippen LogP contribution is 2.06. The Hall–Kier alpha value is -1.72. The Morgan fingerprint density at radius 2 is 2.36 bits per heavy atom. The van der Waals surface area contributed by atoms with Gasteiger partial charge in [-0.3, -0.25) is 0 Å². The van der Waals surface area contributed by atoms with E-state index in [4.69, 9.17) is 5.73 Å². The third-order valence-corrected chi connectivity index (χ3v) is 1.43. The fourth-order valence-electron chi connectivity index (χ4n) is 0.796. The Labute approximate surface area is 62.0 Å². The van der Waals surface area contributed by atoms with E-state index in [-0.39, 0.29) is 0 Å². The second-order valence-corrected chi connectivity index (χ2v) is 2.24. The number of rotatable bonds is 0. The minimum atomic E-state index is 0.449. The van der Waals surface area contributed by atoms with Gasteiger partial charge in [0.15, 0.2) is 5.65 Å². The average Bonchev–Trinajstić information content (AvgIpc) is 2.36. The molecular weight excluding hydrogens is 144 g/mol. The number of fused-ring (bicyclic) bond motifs is 1. The van der Waals surface area contributed by atoms with E-state index in [1.807, 2.05) is 6.92 Å². The fraction of sp³-hybridized carbons (Fsp3) is 0.200. The number of tetrazole rings is 1. The van der Waals surface area contributed by atoms with Crippen LogP contribution < -0.4 is 5.73 Å². The topological polar surface area (TPSA) is 82.0 Å². The van der Waals surface area contributed by atoms with E-state index in [2.05, 4.69) is 20.6 Å². The number of nitrogen functional groups attached to an aromatic ring is 1. The smallest absolute Gasteiger partial charge is 0.200 e. The van der Waals surface area contributed by atoms with Gasteiger partial charge in [-0.15, -0.1) is 14.8 Å². The fourth-order valence-corrected chi connectivity index (χ4v) is 0.796. The third-order valence-electron chi connectivity index (χ3n) is 1.43. The van der Waals surface area contributed by atoms with Gasteiger partial charge >= 0.3 is 0 Å². The van der Waals surface area contributed by atoms with Crippen molar-refractivity contribution in [1.82, 2.24) is 25.3 Å². The van der Waals surface area contributed by atoms with Gasteiger partial charge in [0.25, 0.3) is 0 Å². The first-order valence-corrected chi connectivity index (χ1v) is 3.09. The summed E-state index contributed by atoms with van der Waals surface area (Å²) < 4.78 is 1.29. The summed E-state index contributed by atoms with van der Waals surface area (Å²) in [6.45, 7) is 1.86. The van der Waals surface area contributed by atoms with Crippen molar-refractivity contribution >= 4 is 11.5 Å². The molecule has 2 N–H and O–H groups in total. The Bertz CT molecular complexity index is 355. The Kier molecular flexibility index (Phi) is 1.03. The first-order chi connectivity index (χ1) is 5.27. The molecule has 0 saturated heterocycles. The summed E-state index contributed by atoms with van der Waals surface area (Å²) in [6.07, 6.45) is 0. The Morgan fingerprint density at radius 3 is 3.18 bits per heavy atom. The number of hydrogen-bond donors (Lipinski definition) is 1. The molecule has 0 aliphatic rings. The largest absolute Gasteiger partial charge is 0.382 e. The summed E-state index contributed by atoms with van der Waals surface area (Å²) in [5, 5.41) is 14.6. The molecular formula is C5H6N6. The van der Waals surface area contributed by atoms with E-state index in [0.29, 0.717) is 11.5 Å². The number of anilines is 1. The molecule has 2 heterocycles. The van der Waals surface area contributed by atoms with Crippen molar-refractivity contribution in [3.63, 3.8) is 0 Å². The van der Waals surface area contributed by atoms with Crippen LogP contribution in [-0.2, 0) is 0 Å². The van der Waals surface area contributed by atoms with Crippen molar-refractivity contribution in [2.75, 3.05) is 5.73 Å². The van der Waals surface area contributed by atoms with Crippen LogP contribution in [0.1, 0.15) is 5.56 Å². The lowest BCUT2D eigenvalue weighted by atomic mass is 10.3. The molecule has 2 aromatic heterocycles. The van der Waals surface area contributed by atoms with Crippen LogP contribution in [-0.4, -0.2) is 25.3 Å². The molecule has 0 fully saturated rings. The molecule has 0 saturated carbocycles. The van der Waals surface area contributed by atoms with Crippen LogP contribution in [0.4, 0.5) is 5.82 Å². The van der Waals surface area contributed by atoms with E-state index in [1.54, 1.807) is 6.07 Å². The van der Waals surface area contributed by atoms with Crippen LogP contribution in [0.3, 0.4) is 0 Å². The van der Waals surface area contributed by atoms with Gasteiger partial charge in [-0.25, -0.2) is 0 Å². The van der Waals surface area contributed by atoms with Crippen molar-refractivity contribution in [3.05, 3.63) is 11.6 Å². The number of aromatic nitrogens is 5. The maximum Gasteiger partial charge on any atom is 0.200 e. The minimum Gasteiger partial charge on any atom is -0.382 e. The molecule has 6 heteroatoms. The van der Waals surface area contributed by atoms with Gasteiger partial charge in [0.1, 0.15) is 5.82 Å². The van der Waals surface area contributed by atoms with E-state index in [0.717, 1.165) is 5.56 Å². The second kappa shape index (κ2) is 1.88. The Balaban J connectivity index is 2.86. The molecule has 0 amide bonds. The molecule has 0 radical (unpaired) electrons. The van der Waals surface area contributed by atoms with Crippen LogP contribution >= 0.6 is 0 Å². The lowest BCUT2D eigenvalue weighted by Gasteiger charge is -1.95. The first-order valence-electron chi connectivity index (χ1n) is 3.09. The molecule has 0 aromatic carbocycles. The maximum absolute atomic E-state index is 5.52. The van der Waals surface area contributed by atoms with Gasteiger partial charge in [-0.05, 0) is 29.0 Å². The Morgan fingerprint density at radius 1 is 1.55 bits per heavy atom. The van der Waals surface area contributed by atoms with Gasteiger partial charge in [-0.1, -0.05) is 0 Å². The highest BCUT2D eigenvalue weighted by Gasteiger charge is 2.00. The average molecular weight is 150 g/mol. The van der Waals surface area contributed by atoms with E-state index >= 15 is 0 Å². The monoisotopic (exact) mass is 150 g/mol. The number of hydrogen-bond acceptors (Lipinski definition) is 5. The number of aryl methyl sites for hydroxylation is 1. The third kappa shape index (κ3) is 0.794. The predicted octanol–water partition coefficient (Wildman–Crippen LogP) is -0.590. The number of nitrogens with two attached hydrogens (primary N) is 1. The van der Waals surface area contributed by atoms with Crippen LogP contribution in [0, 0.1) is 6.92 Å². The lowest BCUT2D eigenvalue weighted by Crippen LogP contribution is -2.01. The molecule has 0 spiro atoms. The van der Waals surface area contributed by atoms with Gasteiger partial charge in [0, 0.05) is 0 Å². The molecule has 0 bridgehead atoms. The molecule has 2 aromatic rings. The minimum absolute atomic E-state index is 0.449. The number of nitrogens with zero attached hydrogens (tertiary/aromatic N) is 5. The van der Waals surface area contributed by atoms with Crippen LogP contribution in [0.2, 0.25) is 0 Å². The van der Waals surface area contributed by atoms with Crippen LogP contribution in [0.5, 0.6) is 0 Å². The molecule has 0 atom stereocenters. The van der Waals surface area contributed by atoms with Crippen LogP contribution in [0.15, 0.2) is 6.07 Å². The summed E-state index contributed by atoms with van der Waals surface area (Å²) in [7, 11) is 0. The van der Waals surface area contributed by atoms with Crippen LogP contribution in [0.25, 0.3) is 5.65 Å². The lowest BCUT2D eigenvalue weighted by molar-refractivity contribution is 0.736. The van der Waals surface area contributed by atoms with E-state index in [9.17, 15) is 0 Å². The summed E-state index contributed by atoms with van der Waals surface area (Å²) >= 11 is 0. The summed E-state index contributed by atoms with van der Waals surface area (Å²) in [5.41, 5.74) is 7.01. The molecule has 2 rings (SSSR count). The summed E-state index contributed by atoms with van der Waals surface area (Å²) in [6, 6.07) is 1.78. The van der Waals surface area contributed by atoms with Gasteiger partial charge < -0.3 is 5.73 Å². The summed E-state index contributed by atoms with van der Waals surface area (Å²) in [4.78, 5) is 0. The molecule has 0 aliphatic carbocycles. The maximum atomic E-state index is 5.52. The van der Waals surface area contributed by atoms with E-state index < -0.39 is 0 Å². The standard InChI is InChI=1S/C5H6N6/c1-3-2-4-7-9-10-11(4)8-5(3)6/h2H,1H3,(H2,6,8). The molecule has 0 unspecified atom stereocenters. The highest BCUT2D eigenvalue weighted by molar-refractivity contribution is 5.46. The molecule has 56 valence electrons. The zero-order valence-corrected chi connectivity index (χ0v) is 5.89. The normalized spacial score (nSPS) is 10.6. The molecule has 0 aliphatic heterocycles. The molecule has 11 heavy (non-hydrogen) atoms. The van der Waals surface area contributed by atoms with Gasteiger partial charge in [0.2, 0.25) is 0 Å². The highest BCUT2D eigenvalue weighted by atomic mass is 15.6. The van der Waals surface area contributed by atoms with Gasteiger partial charge in [-0.2, -0.15) is 0 Å². The summed E-state index contributed by atoms with van der Waals surface area (Å²) in [5.74, 6) is 0.449. The van der Waals surface area contributed by atoms with E-state index in [1.165, 1.54) is 4.63 Å². The van der Waals surface area contributed by atoms with Gasteiger partial charge in [0.05, 0.1) is 0 Å². The van der Waals surface area contributed by atoms with Crippen molar-refractivity contribution in [3.8, 4) is 0 Å². The molecule has 6 nitrogen and oxygen atoms in total. The van der Waals surface area contributed by atoms with Crippen molar-refractivity contribution in [1.29, 1.82) is 0 Å². The quantitative estimate of drug-likeness (QED) is 0.542. The predicted molar refractivity (Wildman–Crippen MR) is 37.7 cm³/mol. The van der Waals surface area contributed by atoms with Crippen molar-refractivity contribution in [2.45, 2.75) is 6.92 Å². The van der Waals surface area contributed by atoms with Crippen molar-refractivity contribution in [2.24, 2.45) is 0 Å². The zero-order chi connectivity index (χ0) is 7.84. The first kappa shape index (κ1) is 6.02. The van der Waals surface area contributed by atoms with Crippen molar-refractivity contribution < 1.29 is 0 Å². The SMILES string of the molecule is Cc1cc2nnnn2nc1N. The second-order valence-electron chi connectivity index (χ2n) is 2.24. The zero-order valence-electron chi connectivity index (χ0n) is 5.89.